The number of allylic oxidation sites excluding steroid dienone is 2. The van der Waals surface area contributed by atoms with Crippen LogP contribution in [-0.4, -0.2) is 12.1 Å². The van der Waals surface area contributed by atoms with Gasteiger partial charge in [0.1, 0.15) is 6.10 Å². The highest BCUT2D eigenvalue weighted by molar-refractivity contribution is 5.66. The topological polar surface area (TPSA) is 26.3 Å². The Morgan fingerprint density at radius 1 is 1.53 bits per heavy atom. The Labute approximate surface area is 92.0 Å². The monoisotopic (exact) mass is 208 g/mol. The molecule has 0 saturated heterocycles. The minimum Gasteiger partial charge on any atom is -0.458 e. The maximum atomic E-state index is 10.9. The zero-order valence-electron chi connectivity index (χ0n) is 9.82. The fraction of sp³-hybridized carbons (Fsp3) is 0.615. The zero-order chi connectivity index (χ0) is 11.3. The summed E-state index contributed by atoms with van der Waals surface area (Å²) in [6.45, 7) is 5.73. The molecule has 15 heavy (non-hydrogen) atoms. The number of esters is 1. The normalized spacial score (nSPS) is 24.9. The predicted octanol–water partition coefficient (Wildman–Crippen LogP) is 3.24. The van der Waals surface area contributed by atoms with E-state index in [0.717, 1.165) is 6.42 Å². The zero-order valence-corrected chi connectivity index (χ0v) is 9.82. The highest BCUT2D eigenvalue weighted by Crippen LogP contribution is 2.24. The Morgan fingerprint density at radius 2 is 2.27 bits per heavy atom. The van der Waals surface area contributed by atoms with E-state index >= 15 is 0 Å². The van der Waals surface area contributed by atoms with Crippen molar-refractivity contribution in [1.82, 2.24) is 0 Å². The molecule has 2 heteroatoms. The highest BCUT2D eigenvalue weighted by Gasteiger charge is 2.21. The molecule has 2 nitrogen and oxygen atoms in total. The standard InChI is InChI=1S/C13H20O2/c1-4-5-6-12-9-10(2)7-8-13(12)15-11(3)14/h7-9,12-13H,4-6H2,1-3H3/t12-,13?/m1/s1. The molecule has 0 heterocycles. The molecule has 0 aromatic heterocycles. The van der Waals surface area contributed by atoms with E-state index in [-0.39, 0.29) is 12.1 Å². The predicted molar refractivity (Wildman–Crippen MR) is 61.5 cm³/mol. The summed E-state index contributed by atoms with van der Waals surface area (Å²) in [6.07, 6.45) is 9.63. The van der Waals surface area contributed by atoms with Gasteiger partial charge >= 0.3 is 5.97 Å². The minimum atomic E-state index is -0.195. The first-order chi connectivity index (χ1) is 7.13. The summed E-state index contributed by atoms with van der Waals surface area (Å²) in [4.78, 5) is 10.9. The van der Waals surface area contributed by atoms with Crippen LogP contribution in [0.3, 0.4) is 0 Å². The van der Waals surface area contributed by atoms with Crippen LogP contribution in [0.4, 0.5) is 0 Å². The first kappa shape index (κ1) is 12.0. The lowest BCUT2D eigenvalue weighted by atomic mass is 9.89. The lowest BCUT2D eigenvalue weighted by Gasteiger charge is -2.25. The van der Waals surface area contributed by atoms with Crippen molar-refractivity contribution in [2.24, 2.45) is 5.92 Å². The van der Waals surface area contributed by atoms with E-state index in [1.807, 2.05) is 12.2 Å². The van der Waals surface area contributed by atoms with E-state index in [4.69, 9.17) is 4.74 Å². The molecule has 84 valence electrons. The molecule has 0 amide bonds. The fourth-order valence-electron chi connectivity index (χ4n) is 1.88. The number of unbranched alkanes of at least 4 members (excludes halogenated alkanes) is 1. The molecule has 0 saturated carbocycles. The molecule has 0 aromatic rings. The van der Waals surface area contributed by atoms with E-state index in [1.165, 1.54) is 25.3 Å². The number of rotatable bonds is 4. The molecule has 0 bridgehead atoms. The van der Waals surface area contributed by atoms with Crippen LogP contribution in [0.25, 0.3) is 0 Å². The third-order valence-corrected chi connectivity index (χ3v) is 2.64. The number of hydrogen-bond donors (Lipinski definition) is 0. The molecular weight excluding hydrogens is 188 g/mol. The van der Waals surface area contributed by atoms with Crippen molar-refractivity contribution in [1.29, 1.82) is 0 Å². The Balaban J connectivity index is 2.60. The second-order valence-corrected chi connectivity index (χ2v) is 4.15. The minimum absolute atomic E-state index is 0.0576. The SMILES string of the molecule is CCCC[C@@H]1C=C(C)C=CC1OC(C)=O. The third kappa shape index (κ3) is 3.90. The van der Waals surface area contributed by atoms with Gasteiger partial charge < -0.3 is 4.74 Å². The molecule has 0 radical (unpaired) electrons. The Hall–Kier alpha value is -1.05. The van der Waals surface area contributed by atoms with Crippen LogP contribution >= 0.6 is 0 Å². The molecule has 0 fully saturated rings. The van der Waals surface area contributed by atoms with Crippen LogP contribution in [0.15, 0.2) is 23.8 Å². The molecule has 1 aliphatic rings. The van der Waals surface area contributed by atoms with Crippen molar-refractivity contribution in [3.8, 4) is 0 Å². The summed E-state index contributed by atoms with van der Waals surface area (Å²) < 4.78 is 5.28. The van der Waals surface area contributed by atoms with Gasteiger partial charge in [0.2, 0.25) is 0 Å². The fourth-order valence-corrected chi connectivity index (χ4v) is 1.88. The Morgan fingerprint density at radius 3 is 2.87 bits per heavy atom. The second kappa shape index (κ2) is 5.74. The van der Waals surface area contributed by atoms with Gasteiger partial charge in [-0.3, -0.25) is 4.79 Å². The van der Waals surface area contributed by atoms with E-state index in [2.05, 4.69) is 19.9 Å². The molecule has 2 atom stereocenters. The highest BCUT2D eigenvalue weighted by atomic mass is 16.5. The summed E-state index contributed by atoms with van der Waals surface area (Å²) in [5.41, 5.74) is 1.26. The largest absolute Gasteiger partial charge is 0.458 e. The number of hydrogen-bond acceptors (Lipinski definition) is 2. The van der Waals surface area contributed by atoms with Crippen LogP contribution in [0, 0.1) is 5.92 Å². The molecule has 0 N–H and O–H groups in total. The molecule has 1 aliphatic carbocycles. The number of carbonyl (C=O) groups excluding carboxylic acids is 1. The van der Waals surface area contributed by atoms with Crippen molar-refractivity contribution in [2.45, 2.75) is 46.1 Å². The Kier molecular flexibility index (Phi) is 4.60. The third-order valence-electron chi connectivity index (χ3n) is 2.64. The van der Waals surface area contributed by atoms with Crippen molar-refractivity contribution in [2.75, 3.05) is 0 Å². The van der Waals surface area contributed by atoms with Gasteiger partial charge in [-0.05, 0) is 19.4 Å². The molecule has 0 aromatic carbocycles. The number of carbonyl (C=O) groups is 1. The molecule has 0 aliphatic heterocycles. The summed E-state index contributed by atoms with van der Waals surface area (Å²) in [5, 5.41) is 0. The lowest BCUT2D eigenvalue weighted by molar-refractivity contribution is -0.145. The van der Waals surface area contributed by atoms with Gasteiger partial charge in [0.25, 0.3) is 0 Å². The van der Waals surface area contributed by atoms with Crippen LogP contribution in [0.2, 0.25) is 0 Å². The first-order valence-corrected chi connectivity index (χ1v) is 5.67. The molecular formula is C13H20O2. The smallest absolute Gasteiger partial charge is 0.303 e. The second-order valence-electron chi connectivity index (χ2n) is 4.15. The average molecular weight is 208 g/mol. The van der Waals surface area contributed by atoms with Crippen molar-refractivity contribution in [3.05, 3.63) is 23.8 Å². The Bertz CT molecular complexity index is 276. The van der Waals surface area contributed by atoms with Gasteiger partial charge in [0.15, 0.2) is 0 Å². The molecule has 1 unspecified atom stereocenters. The van der Waals surface area contributed by atoms with Crippen LogP contribution in [-0.2, 0) is 9.53 Å². The van der Waals surface area contributed by atoms with Crippen molar-refractivity contribution in [3.63, 3.8) is 0 Å². The van der Waals surface area contributed by atoms with E-state index in [1.54, 1.807) is 0 Å². The number of ether oxygens (including phenoxy) is 1. The van der Waals surface area contributed by atoms with Crippen LogP contribution < -0.4 is 0 Å². The lowest BCUT2D eigenvalue weighted by Crippen LogP contribution is -2.25. The first-order valence-electron chi connectivity index (χ1n) is 5.67. The molecule has 0 spiro atoms. The maximum absolute atomic E-state index is 10.9. The van der Waals surface area contributed by atoms with Crippen molar-refractivity contribution >= 4 is 5.97 Å². The van der Waals surface area contributed by atoms with E-state index < -0.39 is 0 Å². The van der Waals surface area contributed by atoms with E-state index in [0.29, 0.717) is 5.92 Å². The van der Waals surface area contributed by atoms with Gasteiger partial charge in [-0.1, -0.05) is 37.5 Å². The maximum Gasteiger partial charge on any atom is 0.303 e. The summed E-state index contributed by atoms with van der Waals surface area (Å²) >= 11 is 0. The van der Waals surface area contributed by atoms with Crippen molar-refractivity contribution < 1.29 is 9.53 Å². The molecule has 1 rings (SSSR count). The summed E-state index contributed by atoms with van der Waals surface area (Å²) in [6, 6.07) is 0. The van der Waals surface area contributed by atoms with Crippen LogP contribution in [0.5, 0.6) is 0 Å². The van der Waals surface area contributed by atoms with Gasteiger partial charge in [0, 0.05) is 12.8 Å². The quantitative estimate of drug-likeness (QED) is 0.663. The summed E-state index contributed by atoms with van der Waals surface area (Å²) in [7, 11) is 0. The van der Waals surface area contributed by atoms with Gasteiger partial charge in [-0.25, -0.2) is 0 Å². The van der Waals surface area contributed by atoms with Crippen LogP contribution in [0.1, 0.15) is 40.0 Å². The van der Waals surface area contributed by atoms with Gasteiger partial charge in [-0.2, -0.15) is 0 Å². The summed E-state index contributed by atoms with van der Waals surface area (Å²) in [5.74, 6) is 0.165. The average Bonchev–Trinajstić information content (AvgIpc) is 2.18. The van der Waals surface area contributed by atoms with Gasteiger partial charge in [0.05, 0.1) is 0 Å². The van der Waals surface area contributed by atoms with E-state index in [9.17, 15) is 4.79 Å². The van der Waals surface area contributed by atoms with Gasteiger partial charge in [-0.15, -0.1) is 0 Å².